The number of halogens is 3. The van der Waals surface area contributed by atoms with Gasteiger partial charge < -0.3 is 19.0 Å². The third-order valence-electron chi connectivity index (χ3n) is 4.01. The zero-order chi connectivity index (χ0) is 23.0. The van der Waals surface area contributed by atoms with E-state index < -0.39 is 21.8 Å². The Balaban J connectivity index is 1.70. The molecule has 1 N–H and O–H groups in total. The topological polar surface area (TPSA) is 109 Å². The van der Waals surface area contributed by atoms with Crippen LogP contribution in [0.4, 0.5) is 4.79 Å². The number of hydrogen-bond acceptors (Lipinski definition) is 7. The van der Waals surface area contributed by atoms with Crippen LogP contribution in [0.15, 0.2) is 23.2 Å². The fourth-order valence-electron chi connectivity index (χ4n) is 2.73. The van der Waals surface area contributed by atoms with Gasteiger partial charge in [-0.15, -0.1) is 0 Å². The second-order valence-corrected chi connectivity index (χ2v) is 10.6. The number of fused-ring (bicyclic) bond motifs is 1. The van der Waals surface area contributed by atoms with Crippen molar-refractivity contribution < 1.29 is 26.9 Å². The van der Waals surface area contributed by atoms with E-state index in [4.69, 9.17) is 48.5 Å². The van der Waals surface area contributed by atoms with E-state index in [2.05, 4.69) is 10.4 Å². The first kappa shape index (κ1) is 23.8. The highest BCUT2D eigenvalue weighted by Crippen LogP contribution is 2.39. The first-order valence-corrected chi connectivity index (χ1v) is 11.6. The molecule has 170 valence electrons. The van der Waals surface area contributed by atoms with Crippen molar-refractivity contribution in [3.05, 3.63) is 33.4 Å². The van der Waals surface area contributed by atoms with E-state index >= 15 is 0 Å². The van der Waals surface area contributed by atoms with Gasteiger partial charge >= 0.3 is 16.2 Å². The molecule has 1 aliphatic rings. The van der Waals surface area contributed by atoms with Crippen LogP contribution in [0.5, 0.6) is 11.6 Å². The maximum absolute atomic E-state index is 12.8. The van der Waals surface area contributed by atoms with Gasteiger partial charge in [-0.05, 0) is 32.9 Å². The second-order valence-electron chi connectivity index (χ2n) is 7.79. The molecule has 13 heteroatoms. The number of aromatic nitrogens is 2. The smallest absolute Gasteiger partial charge is 0.407 e. The molecule has 1 amide bonds. The predicted octanol–water partition coefficient (Wildman–Crippen LogP) is 4.14. The van der Waals surface area contributed by atoms with Crippen molar-refractivity contribution in [3.63, 3.8) is 0 Å². The molecule has 0 saturated heterocycles. The molecule has 1 unspecified atom stereocenters. The van der Waals surface area contributed by atoms with Gasteiger partial charge in [-0.3, -0.25) is 0 Å². The lowest BCUT2D eigenvalue weighted by molar-refractivity contribution is 0.0503. The Hall–Kier alpha value is -1.88. The highest BCUT2D eigenvalue weighted by atomic mass is 35.5. The van der Waals surface area contributed by atoms with Crippen LogP contribution in [0.3, 0.4) is 0 Å². The van der Waals surface area contributed by atoms with Crippen molar-refractivity contribution in [2.24, 2.45) is 5.92 Å². The number of nitrogens with one attached hydrogen (secondary N) is 1. The molecule has 2 heterocycles. The highest BCUT2D eigenvalue weighted by Gasteiger charge is 2.32. The number of ether oxygens (including phenoxy) is 2. The van der Waals surface area contributed by atoms with E-state index in [-0.39, 0.29) is 50.7 Å². The first-order chi connectivity index (χ1) is 14.4. The number of carbonyl (C=O) groups is 1. The first-order valence-electron chi connectivity index (χ1n) is 9.10. The summed E-state index contributed by atoms with van der Waals surface area (Å²) in [6.07, 6.45) is 0.568. The van der Waals surface area contributed by atoms with Crippen LogP contribution in [0, 0.1) is 5.92 Å². The molecular weight excluding hydrogens is 493 g/mol. The average Bonchev–Trinajstić information content (AvgIpc) is 3.06. The fourth-order valence-corrected chi connectivity index (χ4v) is 4.76. The second kappa shape index (κ2) is 8.93. The van der Waals surface area contributed by atoms with Gasteiger partial charge in [0.1, 0.15) is 5.60 Å². The van der Waals surface area contributed by atoms with Crippen molar-refractivity contribution >= 4 is 51.0 Å². The van der Waals surface area contributed by atoms with Crippen LogP contribution < -0.4 is 14.2 Å². The number of alkyl carbamates (subject to hydrolysis) is 1. The van der Waals surface area contributed by atoms with E-state index in [9.17, 15) is 13.2 Å². The summed E-state index contributed by atoms with van der Waals surface area (Å²) in [5.74, 6) is -0.366. The maximum atomic E-state index is 12.8. The predicted molar refractivity (Wildman–Crippen MR) is 115 cm³/mol. The van der Waals surface area contributed by atoms with E-state index in [1.165, 1.54) is 16.8 Å². The number of benzene rings is 1. The molecular formula is C18H20Cl3N3O6S. The van der Waals surface area contributed by atoms with Gasteiger partial charge in [0.15, 0.2) is 10.6 Å². The summed E-state index contributed by atoms with van der Waals surface area (Å²) in [5, 5.41) is 6.84. The summed E-state index contributed by atoms with van der Waals surface area (Å²) in [6, 6.07) is 2.62. The van der Waals surface area contributed by atoms with Gasteiger partial charge in [0.25, 0.3) is 0 Å². The molecule has 1 atom stereocenters. The van der Waals surface area contributed by atoms with Gasteiger partial charge in [0, 0.05) is 17.5 Å². The molecule has 9 nitrogen and oxygen atoms in total. The molecule has 1 aromatic heterocycles. The molecule has 1 aliphatic heterocycles. The van der Waals surface area contributed by atoms with Crippen molar-refractivity contribution in [1.82, 2.24) is 15.1 Å². The van der Waals surface area contributed by atoms with E-state index in [1.807, 2.05) is 0 Å². The Morgan fingerprint density at radius 1 is 1.29 bits per heavy atom. The molecule has 0 saturated carbocycles. The molecule has 2 aromatic rings. The minimum atomic E-state index is -4.34. The third-order valence-corrected chi connectivity index (χ3v) is 5.99. The molecule has 31 heavy (non-hydrogen) atoms. The zero-order valence-corrected chi connectivity index (χ0v) is 19.9. The normalized spacial score (nSPS) is 16.3. The van der Waals surface area contributed by atoms with Gasteiger partial charge in [-0.25, -0.2) is 9.48 Å². The lowest BCUT2D eigenvalue weighted by Crippen LogP contribution is -2.39. The maximum Gasteiger partial charge on any atom is 0.407 e. The molecule has 1 aromatic carbocycles. The fraction of sp³-hybridized carbons (Fsp3) is 0.444. The van der Waals surface area contributed by atoms with Gasteiger partial charge in [-0.2, -0.15) is 13.5 Å². The van der Waals surface area contributed by atoms with E-state index in [1.54, 1.807) is 20.8 Å². The minimum absolute atomic E-state index is 0.0229. The Kier molecular flexibility index (Phi) is 6.85. The summed E-state index contributed by atoms with van der Waals surface area (Å²) in [6.45, 7) is 6.04. The van der Waals surface area contributed by atoms with Crippen LogP contribution in [0.1, 0.15) is 20.8 Å². The van der Waals surface area contributed by atoms with Gasteiger partial charge in [-0.1, -0.05) is 34.8 Å². The summed E-state index contributed by atoms with van der Waals surface area (Å²) in [7, 11) is -4.34. The van der Waals surface area contributed by atoms with Crippen molar-refractivity contribution in [3.8, 4) is 11.6 Å². The summed E-state index contributed by atoms with van der Waals surface area (Å²) in [5.41, 5.74) is -0.610. The van der Waals surface area contributed by atoms with Crippen LogP contribution in [-0.2, 0) is 21.4 Å². The van der Waals surface area contributed by atoms with Gasteiger partial charge in [0.2, 0.25) is 5.88 Å². The number of rotatable bonds is 5. The van der Waals surface area contributed by atoms with Crippen molar-refractivity contribution in [2.75, 3.05) is 13.2 Å². The molecule has 0 radical (unpaired) electrons. The molecule has 0 bridgehead atoms. The monoisotopic (exact) mass is 511 g/mol. The molecule has 0 spiro atoms. The van der Waals surface area contributed by atoms with Crippen molar-refractivity contribution in [2.45, 2.75) is 37.8 Å². The minimum Gasteiger partial charge on any atom is -0.476 e. The molecule has 0 fully saturated rings. The summed E-state index contributed by atoms with van der Waals surface area (Å²) < 4.78 is 42.9. The lowest BCUT2D eigenvalue weighted by atomic mass is 10.1. The van der Waals surface area contributed by atoms with Crippen LogP contribution in [0.2, 0.25) is 15.1 Å². The standard InChI is InChI=1S/C18H20Cl3N3O6S/c1-18(2,3)29-17(25)22-6-10-8-24-16(28-9-10)14(7-23-24)31(26,27)30-15-12(20)4-11(19)5-13(15)21/h4-5,7,10H,6,8-9H2,1-3H3,(H,22,25). The van der Waals surface area contributed by atoms with Gasteiger partial charge in [0.05, 0.1) is 29.4 Å². The lowest BCUT2D eigenvalue weighted by Gasteiger charge is -2.25. The SMILES string of the molecule is CC(C)(C)OC(=O)NCC1COc2c(S(=O)(=O)Oc3c(Cl)cc(Cl)cc3Cl)cnn2C1. The van der Waals surface area contributed by atoms with Crippen LogP contribution in [-0.4, -0.2) is 43.0 Å². The molecule has 0 aliphatic carbocycles. The van der Waals surface area contributed by atoms with Crippen LogP contribution >= 0.6 is 34.8 Å². The van der Waals surface area contributed by atoms with Crippen molar-refractivity contribution in [1.29, 1.82) is 0 Å². The number of carbonyl (C=O) groups excluding carboxylic acids is 1. The Bertz CT molecular complexity index is 1070. The van der Waals surface area contributed by atoms with E-state index in [0.717, 1.165) is 6.20 Å². The quantitative estimate of drug-likeness (QED) is 0.600. The Morgan fingerprint density at radius 2 is 1.94 bits per heavy atom. The van der Waals surface area contributed by atoms with Crippen LogP contribution in [0.25, 0.3) is 0 Å². The molecule has 3 rings (SSSR count). The van der Waals surface area contributed by atoms with E-state index in [0.29, 0.717) is 6.54 Å². The number of amides is 1. The largest absolute Gasteiger partial charge is 0.476 e. The zero-order valence-electron chi connectivity index (χ0n) is 16.8. The summed E-state index contributed by atoms with van der Waals surface area (Å²) >= 11 is 17.9. The number of hydrogen-bond donors (Lipinski definition) is 1. The average molecular weight is 513 g/mol. The highest BCUT2D eigenvalue weighted by molar-refractivity contribution is 7.87. The Labute approximate surface area is 194 Å². The summed E-state index contributed by atoms with van der Waals surface area (Å²) in [4.78, 5) is 11.5. The Morgan fingerprint density at radius 3 is 2.55 bits per heavy atom. The number of nitrogens with zero attached hydrogens (tertiary/aromatic N) is 2. The third kappa shape index (κ3) is 5.88.